The van der Waals surface area contributed by atoms with Crippen LogP contribution in [0.2, 0.25) is 0 Å². The number of nitrogens with one attached hydrogen (secondary N) is 1. The molecule has 0 atom stereocenters. The molecule has 3 N–H and O–H groups in total. The Morgan fingerprint density at radius 2 is 2.00 bits per heavy atom. The first kappa shape index (κ1) is 20.0. The van der Waals surface area contributed by atoms with E-state index in [0.717, 1.165) is 32.5 Å². The first-order valence-electron chi connectivity index (χ1n) is 7.84. The Morgan fingerprint density at radius 1 is 1.30 bits per heavy atom. The molecule has 0 heterocycles. The summed E-state index contributed by atoms with van der Waals surface area (Å²) in [7, 11) is 0. The van der Waals surface area contributed by atoms with Gasteiger partial charge in [-0.25, -0.2) is 0 Å². The maximum absolute atomic E-state index is 5.85. The van der Waals surface area contributed by atoms with Crippen molar-refractivity contribution in [2.45, 2.75) is 64.9 Å². The number of aliphatic imine (C=N–C) groups is 1. The molecule has 0 bridgehead atoms. The van der Waals surface area contributed by atoms with E-state index in [4.69, 9.17) is 10.5 Å². The molecule has 0 saturated heterocycles. The molecule has 0 spiro atoms. The Hall–Kier alpha value is -0.0400. The molecule has 20 heavy (non-hydrogen) atoms. The average Bonchev–Trinajstić information content (AvgIpc) is 2.39. The maximum atomic E-state index is 5.85. The Labute approximate surface area is 141 Å². The highest BCUT2D eigenvalue weighted by Gasteiger charge is 2.12. The molecule has 5 heteroatoms. The van der Waals surface area contributed by atoms with Crippen molar-refractivity contribution in [3.05, 3.63) is 0 Å². The fourth-order valence-corrected chi connectivity index (χ4v) is 2.29. The minimum Gasteiger partial charge on any atom is -0.378 e. The van der Waals surface area contributed by atoms with Gasteiger partial charge in [-0.1, -0.05) is 33.1 Å². The number of ether oxygens (including phenoxy) is 1. The van der Waals surface area contributed by atoms with Crippen molar-refractivity contribution in [1.82, 2.24) is 5.32 Å². The van der Waals surface area contributed by atoms with Gasteiger partial charge >= 0.3 is 0 Å². The normalized spacial score (nSPS) is 17.1. The van der Waals surface area contributed by atoms with E-state index in [0.29, 0.717) is 18.0 Å². The summed E-state index contributed by atoms with van der Waals surface area (Å²) in [6.07, 6.45) is 9.10. The van der Waals surface area contributed by atoms with Gasteiger partial charge < -0.3 is 15.8 Å². The molecule has 1 saturated carbocycles. The molecule has 0 unspecified atom stereocenters. The van der Waals surface area contributed by atoms with E-state index < -0.39 is 0 Å². The third kappa shape index (κ3) is 10.7. The molecule has 0 aromatic rings. The number of nitrogens with two attached hydrogens (primary N) is 1. The Balaban J connectivity index is 0.00000361. The second kappa shape index (κ2) is 12.7. The summed E-state index contributed by atoms with van der Waals surface area (Å²) in [5.41, 5.74) is 5.78. The van der Waals surface area contributed by atoms with Gasteiger partial charge in [0.05, 0.1) is 6.10 Å². The zero-order valence-electron chi connectivity index (χ0n) is 13.1. The van der Waals surface area contributed by atoms with Gasteiger partial charge in [0.15, 0.2) is 5.96 Å². The molecule has 0 aromatic heterocycles. The van der Waals surface area contributed by atoms with E-state index in [-0.39, 0.29) is 24.0 Å². The van der Waals surface area contributed by atoms with Crippen LogP contribution in [0.1, 0.15) is 58.8 Å². The van der Waals surface area contributed by atoms with Crippen molar-refractivity contribution in [2.75, 3.05) is 19.7 Å². The molecule has 4 nitrogen and oxygen atoms in total. The third-order valence-corrected chi connectivity index (χ3v) is 3.52. The molecule has 0 radical (unpaired) electrons. The van der Waals surface area contributed by atoms with Crippen LogP contribution >= 0.6 is 24.0 Å². The van der Waals surface area contributed by atoms with Crippen LogP contribution in [-0.4, -0.2) is 31.8 Å². The lowest BCUT2D eigenvalue weighted by Gasteiger charge is -2.21. The largest absolute Gasteiger partial charge is 0.378 e. The fourth-order valence-electron chi connectivity index (χ4n) is 2.29. The zero-order chi connectivity index (χ0) is 13.9. The van der Waals surface area contributed by atoms with Crippen molar-refractivity contribution in [3.63, 3.8) is 0 Å². The fraction of sp³-hybridized carbons (Fsp3) is 0.933. The highest BCUT2D eigenvalue weighted by atomic mass is 127. The summed E-state index contributed by atoms with van der Waals surface area (Å²) in [4.78, 5) is 4.31. The quantitative estimate of drug-likeness (QED) is 0.286. The molecule has 1 rings (SSSR count). The second-order valence-corrected chi connectivity index (χ2v) is 5.86. The number of rotatable bonds is 8. The molecular weight excluding hydrogens is 365 g/mol. The van der Waals surface area contributed by atoms with Crippen molar-refractivity contribution in [2.24, 2.45) is 16.6 Å². The van der Waals surface area contributed by atoms with Crippen LogP contribution in [0.25, 0.3) is 0 Å². The minimum atomic E-state index is 0. The van der Waals surface area contributed by atoms with Gasteiger partial charge in [-0.3, -0.25) is 4.99 Å². The summed E-state index contributed by atoms with van der Waals surface area (Å²) in [5.74, 6) is 1.27. The number of nitrogens with zero attached hydrogens (tertiary/aromatic N) is 1. The predicted molar refractivity (Wildman–Crippen MR) is 96.8 cm³/mol. The molecule has 0 aromatic carbocycles. The van der Waals surface area contributed by atoms with Gasteiger partial charge in [-0.2, -0.15) is 0 Å². The third-order valence-electron chi connectivity index (χ3n) is 3.52. The monoisotopic (exact) mass is 397 g/mol. The lowest BCUT2D eigenvalue weighted by molar-refractivity contribution is 0.0281. The zero-order valence-corrected chi connectivity index (χ0v) is 15.4. The van der Waals surface area contributed by atoms with Gasteiger partial charge in [0, 0.05) is 19.7 Å². The van der Waals surface area contributed by atoms with E-state index in [1.54, 1.807) is 0 Å². The summed E-state index contributed by atoms with van der Waals surface area (Å²) in [6.45, 7) is 6.89. The molecule has 1 fully saturated rings. The van der Waals surface area contributed by atoms with E-state index in [1.165, 1.54) is 32.1 Å². The Morgan fingerprint density at radius 3 is 2.65 bits per heavy atom. The van der Waals surface area contributed by atoms with Crippen molar-refractivity contribution in [1.29, 1.82) is 0 Å². The predicted octanol–water partition coefficient (Wildman–Crippen LogP) is 3.29. The highest BCUT2D eigenvalue weighted by Crippen LogP contribution is 2.20. The summed E-state index contributed by atoms with van der Waals surface area (Å²) in [5, 5.41) is 3.14. The smallest absolute Gasteiger partial charge is 0.188 e. The molecule has 0 amide bonds. The minimum absolute atomic E-state index is 0. The van der Waals surface area contributed by atoms with Gasteiger partial charge in [0.25, 0.3) is 0 Å². The summed E-state index contributed by atoms with van der Waals surface area (Å²) >= 11 is 0. The first-order chi connectivity index (χ1) is 9.18. The van der Waals surface area contributed by atoms with Crippen LogP contribution in [-0.2, 0) is 4.74 Å². The van der Waals surface area contributed by atoms with Crippen molar-refractivity contribution in [3.8, 4) is 0 Å². The van der Waals surface area contributed by atoms with Gasteiger partial charge in [0.2, 0.25) is 0 Å². The molecule has 120 valence electrons. The van der Waals surface area contributed by atoms with E-state index in [2.05, 4.69) is 24.2 Å². The molecule has 1 aliphatic carbocycles. The molecule has 0 aliphatic heterocycles. The van der Waals surface area contributed by atoms with E-state index >= 15 is 0 Å². The van der Waals surface area contributed by atoms with Gasteiger partial charge in [-0.15, -0.1) is 24.0 Å². The topological polar surface area (TPSA) is 59.6 Å². The van der Waals surface area contributed by atoms with E-state index in [9.17, 15) is 0 Å². The van der Waals surface area contributed by atoms with Crippen molar-refractivity contribution < 1.29 is 4.74 Å². The van der Waals surface area contributed by atoms with Crippen LogP contribution in [0.3, 0.4) is 0 Å². The Kier molecular flexibility index (Phi) is 12.7. The van der Waals surface area contributed by atoms with Gasteiger partial charge in [-0.05, 0) is 31.6 Å². The van der Waals surface area contributed by atoms with Crippen LogP contribution in [0.5, 0.6) is 0 Å². The van der Waals surface area contributed by atoms with E-state index in [1.807, 2.05) is 0 Å². The summed E-state index contributed by atoms with van der Waals surface area (Å²) < 4.78 is 5.85. The number of hydrogen-bond donors (Lipinski definition) is 2. The van der Waals surface area contributed by atoms with Crippen molar-refractivity contribution >= 4 is 29.9 Å². The second-order valence-electron chi connectivity index (χ2n) is 5.86. The van der Waals surface area contributed by atoms with Crippen LogP contribution in [0, 0.1) is 5.92 Å². The average molecular weight is 397 g/mol. The molecule has 1 aliphatic rings. The SMILES string of the molecule is CC(C)CCNC(N)=NCCCOC1CCCCC1.I. The lowest BCUT2D eigenvalue weighted by atomic mass is 9.98. The number of halogens is 1. The van der Waals surface area contributed by atoms with Gasteiger partial charge in [0.1, 0.15) is 0 Å². The first-order valence-corrected chi connectivity index (χ1v) is 7.84. The van der Waals surface area contributed by atoms with Crippen LogP contribution < -0.4 is 11.1 Å². The Bertz CT molecular complexity index is 254. The maximum Gasteiger partial charge on any atom is 0.188 e. The standard InChI is InChI=1S/C15H31N3O.HI/c1-13(2)9-11-18-15(16)17-10-6-12-19-14-7-4-3-5-8-14;/h13-14H,3-12H2,1-2H3,(H3,16,17,18);1H. The number of hydrogen-bond acceptors (Lipinski definition) is 2. The summed E-state index contributed by atoms with van der Waals surface area (Å²) in [6, 6.07) is 0. The van der Waals surface area contributed by atoms with Crippen LogP contribution in [0.15, 0.2) is 4.99 Å². The highest BCUT2D eigenvalue weighted by molar-refractivity contribution is 14.0. The molecular formula is C15H32IN3O. The van der Waals surface area contributed by atoms with Crippen LogP contribution in [0.4, 0.5) is 0 Å². The number of guanidine groups is 1. The lowest BCUT2D eigenvalue weighted by Crippen LogP contribution is -2.33.